The van der Waals surface area contributed by atoms with Gasteiger partial charge in [-0.2, -0.15) is 10.2 Å². The van der Waals surface area contributed by atoms with E-state index in [0.717, 1.165) is 27.9 Å². The number of benzene rings is 4. The third-order valence-corrected chi connectivity index (χ3v) is 4.99. The van der Waals surface area contributed by atoms with Crippen LogP contribution in [0.3, 0.4) is 0 Å². The zero-order chi connectivity index (χ0) is 21.2. The molecule has 1 heterocycles. The molecule has 0 bridgehead atoms. The second kappa shape index (κ2) is 7.87. The lowest BCUT2D eigenvalue weighted by Crippen LogP contribution is -2.27. The van der Waals surface area contributed by atoms with E-state index in [1.165, 1.54) is 0 Å². The van der Waals surface area contributed by atoms with E-state index in [-0.39, 0.29) is 0 Å². The van der Waals surface area contributed by atoms with Crippen LogP contribution >= 0.6 is 0 Å². The Kier molecular flexibility index (Phi) is 4.76. The maximum atomic E-state index is 6.30. The van der Waals surface area contributed by atoms with Gasteiger partial charge in [-0.15, -0.1) is 0 Å². The summed E-state index contributed by atoms with van der Waals surface area (Å²) in [4.78, 5) is 0. The number of nitrogen functional groups attached to an aromatic ring is 1. The van der Waals surface area contributed by atoms with Crippen LogP contribution in [0.15, 0.2) is 89.1 Å². The molecule has 0 spiro atoms. The van der Waals surface area contributed by atoms with Crippen LogP contribution in [0.25, 0.3) is 10.8 Å². The first-order valence-electron chi connectivity index (χ1n) is 9.76. The second-order valence-electron chi connectivity index (χ2n) is 6.99. The van der Waals surface area contributed by atoms with Gasteiger partial charge < -0.3 is 25.3 Å². The van der Waals surface area contributed by atoms with Crippen LogP contribution in [0, 0.1) is 0 Å². The number of methoxy groups -OCH3 is 1. The Balaban J connectivity index is 1.30. The van der Waals surface area contributed by atoms with Crippen LogP contribution < -0.4 is 25.3 Å². The molecule has 31 heavy (non-hydrogen) atoms. The summed E-state index contributed by atoms with van der Waals surface area (Å²) in [5, 5.41) is 13.7. The highest BCUT2D eigenvalue weighted by molar-refractivity contribution is 5.95. The molecule has 0 fully saturated rings. The summed E-state index contributed by atoms with van der Waals surface area (Å²) in [6, 6.07) is 24.6. The lowest BCUT2D eigenvalue weighted by Gasteiger charge is -2.16. The average molecular weight is 412 g/mol. The van der Waals surface area contributed by atoms with Crippen molar-refractivity contribution < 1.29 is 14.2 Å². The fourth-order valence-corrected chi connectivity index (χ4v) is 3.38. The Bertz CT molecular complexity index is 1270. The summed E-state index contributed by atoms with van der Waals surface area (Å²) >= 11 is 0. The van der Waals surface area contributed by atoms with Crippen molar-refractivity contribution in [2.75, 3.05) is 18.2 Å². The molecule has 4 aromatic rings. The van der Waals surface area contributed by atoms with Crippen molar-refractivity contribution in [1.29, 1.82) is 0 Å². The van der Waals surface area contributed by atoms with Crippen molar-refractivity contribution in [2.45, 2.75) is 6.41 Å². The summed E-state index contributed by atoms with van der Waals surface area (Å²) in [5.41, 5.74) is 9.07. The standard InChI is InChI=1S/C24H20N4O3/c1-29-18-10-7-16(8-11-18)27-28-17-9-13-21-20(14-17)26-24(30-21)31-22-12-6-15-4-2-3-5-19(15)23(22)25/h2-14,24,26H,25H2,1H3/t24-/m0/s1. The minimum Gasteiger partial charge on any atom is -0.497 e. The first-order chi connectivity index (χ1) is 15.2. The molecule has 0 amide bonds. The fourth-order valence-electron chi connectivity index (χ4n) is 3.38. The molecule has 0 aliphatic carbocycles. The van der Waals surface area contributed by atoms with Gasteiger partial charge in [-0.05, 0) is 53.9 Å². The Morgan fingerprint density at radius 2 is 1.68 bits per heavy atom. The number of hydrogen-bond acceptors (Lipinski definition) is 7. The quantitative estimate of drug-likeness (QED) is 0.309. The smallest absolute Gasteiger partial charge is 0.325 e. The summed E-state index contributed by atoms with van der Waals surface area (Å²) in [6.45, 7) is 0. The Hall–Kier alpha value is -4.26. The Morgan fingerprint density at radius 3 is 2.52 bits per heavy atom. The van der Waals surface area contributed by atoms with Gasteiger partial charge in [-0.1, -0.05) is 30.3 Å². The SMILES string of the molecule is COc1ccc(N=Nc2ccc3c(c2)N[C@H](Oc2ccc4ccccc4c2N)O3)cc1. The normalized spacial score (nSPS) is 14.8. The summed E-state index contributed by atoms with van der Waals surface area (Å²) < 4.78 is 17.0. The molecule has 1 aliphatic heterocycles. The summed E-state index contributed by atoms with van der Waals surface area (Å²) in [5.74, 6) is 2.01. The lowest BCUT2D eigenvalue weighted by molar-refractivity contribution is 0.0448. The molecule has 1 aliphatic rings. The number of hydrogen-bond donors (Lipinski definition) is 2. The highest BCUT2D eigenvalue weighted by Gasteiger charge is 2.24. The Morgan fingerprint density at radius 1 is 0.903 bits per heavy atom. The van der Waals surface area contributed by atoms with Gasteiger partial charge in [0.25, 0.3) is 0 Å². The monoisotopic (exact) mass is 412 g/mol. The van der Waals surface area contributed by atoms with Gasteiger partial charge in [0.1, 0.15) is 17.2 Å². The van der Waals surface area contributed by atoms with Crippen molar-refractivity contribution in [2.24, 2.45) is 10.2 Å². The minimum atomic E-state index is -0.688. The van der Waals surface area contributed by atoms with E-state index in [1.807, 2.05) is 78.9 Å². The number of nitrogens with zero attached hydrogens (tertiary/aromatic N) is 2. The molecule has 0 saturated heterocycles. The molecule has 154 valence electrons. The number of nitrogens with two attached hydrogens (primary N) is 1. The maximum absolute atomic E-state index is 6.30. The summed E-state index contributed by atoms with van der Waals surface area (Å²) in [6.07, 6.45) is -0.688. The van der Waals surface area contributed by atoms with E-state index in [2.05, 4.69) is 15.5 Å². The van der Waals surface area contributed by atoms with E-state index in [9.17, 15) is 0 Å². The molecular formula is C24H20N4O3. The molecule has 0 unspecified atom stereocenters. The van der Waals surface area contributed by atoms with Crippen LogP contribution in [0.5, 0.6) is 17.2 Å². The van der Waals surface area contributed by atoms with Crippen molar-refractivity contribution in [3.63, 3.8) is 0 Å². The second-order valence-corrected chi connectivity index (χ2v) is 6.99. The van der Waals surface area contributed by atoms with Gasteiger partial charge in [0.05, 0.1) is 29.9 Å². The number of azo groups is 1. The first kappa shape index (κ1) is 18.7. The predicted octanol–water partition coefficient (Wildman–Crippen LogP) is 6.01. The van der Waals surface area contributed by atoms with Crippen LogP contribution in [0.1, 0.15) is 0 Å². The number of ether oxygens (including phenoxy) is 3. The number of rotatable bonds is 5. The Labute approximate surface area is 179 Å². The fraction of sp³-hybridized carbons (Fsp3) is 0.0833. The van der Waals surface area contributed by atoms with Gasteiger partial charge in [0, 0.05) is 5.39 Å². The average Bonchev–Trinajstić information content (AvgIpc) is 3.21. The van der Waals surface area contributed by atoms with Gasteiger partial charge in [-0.3, -0.25) is 0 Å². The third-order valence-electron chi connectivity index (χ3n) is 4.99. The molecule has 7 heteroatoms. The van der Waals surface area contributed by atoms with Crippen molar-refractivity contribution in [3.8, 4) is 17.2 Å². The van der Waals surface area contributed by atoms with E-state index in [4.69, 9.17) is 19.9 Å². The van der Waals surface area contributed by atoms with Gasteiger partial charge in [0.15, 0.2) is 0 Å². The van der Waals surface area contributed by atoms with E-state index in [0.29, 0.717) is 22.9 Å². The molecule has 0 saturated carbocycles. The highest BCUT2D eigenvalue weighted by atomic mass is 16.7. The molecule has 0 radical (unpaired) electrons. The van der Waals surface area contributed by atoms with Crippen LogP contribution in [-0.4, -0.2) is 13.5 Å². The summed E-state index contributed by atoms with van der Waals surface area (Å²) in [7, 11) is 1.63. The molecular weight excluding hydrogens is 392 g/mol. The molecule has 0 aromatic heterocycles. The maximum Gasteiger partial charge on any atom is 0.325 e. The van der Waals surface area contributed by atoms with Crippen LogP contribution in [-0.2, 0) is 0 Å². The van der Waals surface area contributed by atoms with E-state index >= 15 is 0 Å². The first-order valence-corrected chi connectivity index (χ1v) is 9.76. The highest BCUT2D eigenvalue weighted by Crippen LogP contribution is 2.38. The van der Waals surface area contributed by atoms with E-state index < -0.39 is 6.41 Å². The van der Waals surface area contributed by atoms with Crippen molar-refractivity contribution in [1.82, 2.24) is 0 Å². The van der Waals surface area contributed by atoms with Gasteiger partial charge in [-0.25, -0.2) is 0 Å². The largest absolute Gasteiger partial charge is 0.497 e. The zero-order valence-electron chi connectivity index (χ0n) is 16.8. The van der Waals surface area contributed by atoms with Crippen molar-refractivity contribution in [3.05, 3.63) is 78.9 Å². The number of nitrogens with one attached hydrogen (secondary N) is 1. The van der Waals surface area contributed by atoms with Crippen LogP contribution in [0.4, 0.5) is 22.7 Å². The van der Waals surface area contributed by atoms with Gasteiger partial charge >= 0.3 is 6.41 Å². The zero-order valence-corrected chi connectivity index (χ0v) is 16.8. The molecule has 1 atom stereocenters. The molecule has 5 rings (SSSR count). The van der Waals surface area contributed by atoms with Gasteiger partial charge in [0.2, 0.25) is 0 Å². The third kappa shape index (κ3) is 3.81. The number of anilines is 2. The van der Waals surface area contributed by atoms with Crippen LogP contribution in [0.2, 0.25) is 0 Å². The molecule has 4 aromatic carbocycles. The van der Waals surface area contributed by atoms with E-state index in [1.54, 1.807) is 7.11 Å². The molecule has 7 nitrogen and oxygen atoms in total. The van der Waals surface area contributed by atoms with Crippen molar-refractivity contribution >= 4 is 33.5 Å². The number of fused-ring (bicyclic) bond motifs is 2. The molecule has 3 N–H and O–H groups in total. The lowest BCUT2D eigenvalue weighted by atomic mass is 10.1. The minimum absolute atomic E-state index is 0.559. The topological polar surface area (TPSA) is 90.5 Å². The predicted molar refractivity (Wildman–Crippen MR) is 121 cm³/mol.